The van der Waals surface area contributed by atoms with Gasteiger partial charge in [-0.15, -0.1) is 13.2 Å². The predicted octanol–water partition coefficient (Wildman–Crippen LogP) is 0.660. The molecule has 84 valence electrons. The van der Waals surface area contributed by atoms with E-state index in [2.05, 4.69) is 18.5 Å². The Morgan fingerprint density at radius 3 is 1.53 bits per heavy atom. The van der Waals surface area contributed by atoms with Crippen molar-refractivity contribution in [3.63, 3.8) is 0 Å². The van der Waals surface area contributed by atoms with Gasteiger partial charge >= 0.3 is 11.9 Å². The molecule has 5 heteroatoms. The van der Waals surface area contributed by atoms with Crippen LogP contribution in [0.4, 0.5) is 0 Å². The van der Waals surface area contributed by atoms with E-state index in [1.807, 2.05) is 12.2 Å². The quantitative estimate of drug-likeness (QED) is 0.343. The van der Waals surface area contributed by atoms with E-state index in [1.54, 1.807) is 0 Å². The lowest BCUT2D eigenvalue weighted by atomic mass is 10.5. The van der Waals surface area contributed by atoms with Gasteiger partial charge in [0, 0.05) is 25.2 Å². The summed E-state index contributed by atoms with van der Waals surface area (Å²) >= 11 is 0. The third kappa shape index (κ3) is 24.5. The Hall–Kier alpha value is -1.88. The molecule has 15 heavy (non-hydrogen) atoms. The van der Waals surface area contributed by atoms with E-state index in [4.69, 9.17) is 10.2 Å². The minimum atomic E-state index is -1.26. The standard InChI is InChI=1S/C6H11N.C4H4O4/c1-3-5-7-6-4-2;5-3(6)1-2-4(7)8/h3-4,7H,1-2,5-6H2;1-2H,(H,5,6)(H,7,8). The summed E-state index contributed by atoms with van der Waals surface area (Å²) < 4.78 is 0. The maximum absolute atomic E-state index is 9.55. The number of aliphatic carboxylic acids is 2. The van der Waals surface area contributed by atoms with Crippen LogP contribution in [-0.4, -0.2) is 35.2 Å². The fraction of sp³-hybridized carbons (Fsp3) is 0.200. The monoisotopic (exact) mass is 213 g/mol. The Balaban J connectivity index is 0. The Bertz CT molecular complexity index is 222. The fourth-order valence-corrected chi connectivity index (χ4v) is 0.430. The Labute approximate surface area is 88.4 Å². The van der Waals surface area contributed by atoms with E-state index < -0.39 is 11.9 Å². The van der Waals surface area contributed by atoms with Gasteiger partial charge in [0.05, 0.1) is 0 Å². The summed E-state index contributed by atoms with van der Waals surface area (Å²) in [6.07, 6.45) is 4.76. The van der Waals surface area contributed by atoms with Gasteiger partial charge < -0.3 is 15.5 Å². The van der Waals surface area contributed by atoms with Gasteiger partial charge in [-0.2, -0.15) is 0 Å². The lowest BCUT2D eigenvalue weighted by molar-refractivity contribution is -0.134. The number of hydrogen-bond donors (Lipinski definition) is 3. The van der Waals surface area contributed by atoms with E-state index >= 15 is 0 Å². The van der Waals surface area contributed by atoms with Crippen molar-refractivity contribution in [3.8, 4) is 0 Å². The molecule has 0 amide bonds. The molecule has 0 aliphatic carbocycles. The molecule has 3 N–H and O–H groups in total. The van der Waals surface area contributed by atoms with Gasteiger partial charge in [-0.05, 0) is 0 Å². The molecule has 0 aromatic rings. The molecular formula is C10H15NO4. The highest BCUT2D eigenvalue weighted by molar-refractivity contribution is 5.89. The van der Waals surface area contributed by atoms with Crippen molar-refractivity contribution in [1.29, 1.82) is 0 Å². The van der Waals surface area contributed by atoms with Gasteiger partial charge in [0.2, 0.25) is 0 Å². The lowest BCUT2D eigenvalue weighted by Crippen LogP contribution is -2.11. The summed E-state index contributed by atoms with van der Waals surface area (Å²) in [4.78, 5) is 19.1. The van der Waals surface area contributed by atoms with E-state index in [0.29, 0.717) is 12.2 Å². The molecule has 0 spiro atoms. The molecule has 0 saturated heterocycles. The normalized spacial score (nSPS) is 8.80. The zero-order chi connectivity index (χ0) is 12.1. The smallest absolute Gasteiger partial charge is 0.328 e. The van der Waals surface area contributed by atoms with Gasteiger partial charge in [-0.25, -0.2) is 9.59 Å². The van der Waals surface area contributed by atoms with Gasteiger partial charge in [0.15, 0.2) is 0 Å². The summed E-state index contributed by atoms with van der Waals surface area (Å²) in [5.41, 5.74) is 0. The van der Waals surface area contributed by atoms with Gasteiger partial charge in [-0.3, -0.25) is 0 Å². The summed E-state index contributed by atoms with van der Waals surface area (Å²) in [5.74, 6) is -2.51. The zero-order valence-electron chi connectivity index (χ0n) is 8.35. The highest BCUT2D eigenvalue weighted by atomic mass is 16.4. The van der Waals surface area contributed by atoms with Crippen LogP contribution >= 0.6 is 0 Å². The Morgan fingerprint density at radius 1 is 1.00 bits per heavy atom. The second kappa shape index (κ2) is 12.1. The third-order valence-corrected chi connectivity index (χ3v) is 0.946. The van der Waals surface area contributed by atoms with Crippen LogP contribution in [-0.2, 0) is 9.59 Å². The highest BCUT2D eigenvalue weighted by Gasteiger charge is 1.88. The van der Waals surface area contributed by atoms with Crippen LogP contribution in [0.25, 0.3) is 0 Å². The van der Waals surface area contributed by atoms with Crippen molar-refractivity contribution in [3.05, 3.63) is 37.5 Å². The summed E-state index contributed by atoms with van der Waals surface area (Å²) in [6.45, 7) is 8.81. The van der Waals surface area contributed by atoms with E-state index in [9.17, 15) is 9.59 Å². The molecule has 0 aliphatic heterocycles. The molecular weight excluding hydrogens is 198 g/mol. The molecule has 0 heterocycles. The number of rotatable bonds is 6. The molecule has 0 unspecified atom stereocenters. The summed E-state index contributed by atoms with van der Waals surface area (Å²) in [6, 6.07) is 0. The number of hydrogen-bond acceptors (Lipinski definition) is 3. The van der Waals surface area contributed by atoms with Crippen LogP contribution in [0.2, 0.25) is 0 Å². The highest BCUT2D eigenvalue weighted by Crippen LogP contribution is 1.70. The van der Waals surface area contributed by atoms with Crippen LogP contribution in [0, 0.1) is 0 Å². The first-order valence-corrected chi connectivity index (χ1v) is 4.11. The van der Waals surface area contributed by atoms with Crippen molar-refractivity contribution in [2.24, 2.45) is 0 Å². The Kier molecular flexibility index (Phi) is 12.6. The first-order chi connectivity index (χ1) is 7.04. The molecule has 0 aromatic carbocycles. The molecule has 0 saturated carbocycles. The van der Waals surface area contributed by atoms with Crippen molar-refractivity contribution in [2.75, 3.05) is 13.1 Å². The lowest BCUT2D eigenvalue weighted by Gasteiger charge is -1.90. The van der Waals surface area contributed by atoms with E-state index in [-0.39, 0.29) is 0 Å². The largest absolute Gasteiger partial charge is 0.478 e. The number of nitrogens with one attached hydrogen (secondary N) is 1. The molecule has 0 atom stereocenters. The predicted molar refractivity (Wildman–Crippen MR) is 57.7 cm³/mol. The van der Waals surface area contributed by atoms with Crippen molar-refractivity contribution >= 4 is 11.9 Å². The van der Waals surface area contributed by atoms with Crippen LogP contribution in [0.3, 0.4) is 0 Å². The molecule has 0 rings (SSSR count). The van der Waals surface area contributed by atoms with Gasteiger partial charge in [0.25, 0.3) is 0 Å². The number of carboxylic acids is 2. The Morgan fingerprint density at radius 2 is 1.33 bits per heavy atom. The van der Waals surface area contributed by atoms with E-state index in [0.717, 1.165) is 13.1 Å². The minimum absolute atomic E-state index is 0.558. The summed E-state index contributed by atoms with van der Waals surface area (Å²) in [7, 11) is 0. The maximum atomic E-state index is 9.55. The first-order valence-electron chi connectivity index (χ1n) is 4.11. The molecule has 0 aromatic heterocycles. The molecule has 0 fully saturated rings. The second-order valence-electron chi connectivity index (χ2n) is 2.25. The third-order valence-electron chi connectivity index (χ3n) is 0.946. The van der Waals surface area contributed by atoms with Crippen molar-refractivity contribution in [2.45, 2.75) is 0 Å². The van der Waals surface area contributed by atoms with Gasteiger partial charge in [0.1, 0.15) is 0 Å². The fourth-order valence-electron chi connectivity index (χ4n) is 0.430. The SMILES string of the molecule is C=CCNCC=C.O=C(O)C=CC(=O)O. The van der Waals surface area contributed by atoms with Crippen molar-refractivity contribution in [1.82, 2.24) is 5.32 Å². The molecule has 0 bridgehead atoms. The topological polar surface area (TPSA) is 86.6 Å². The van der Waals surface area contributed by atoms with Crippen LogP contribution in [0.15, 0.2) is 37.5 Å². The van der Waals surface area contributed by atoms with Gasteiger partial charge in [-0.1, -0.05) is 12.2 Å². The second-order valence-corrected chi connectivity index (χ2v) is 2.25. The molecule has 5 nitrogen and oxygen atoms in total. The van der Waals surface area contributed by atoms with Crippen LogP contribution in [0.5, 0.6) is 0 Å². The first kappa shape index (κ1) is 15.6. The van der Waals surface area contributed by atoms with Crippen LogP contribution < -0.4 is 5.32 Å². The molecule has 0 aliphatic rings. The minimum Gasteiger partial charge on any atom is -0.478 e. The zero-order valence-corrected chi connectivity index (χ0v) is 8.35. The number of carbonyl (C=O) groups is 2. The van der Waals surface area contributed by atoms with Crippen LogP contribution in [0.1, 0.15) is 0 Å². The average molecular weight is 213 g/mol. The van der Waals surface area contributed by atoms with E-state index in [1.165, 1.54) is 0 Å². The summed E-state index contributed by atoms with van der Waals surface area (Å²) in [5, 5.41) is 18.7. The van der Waals surface area contributed by atoms with Crippen molar-refractivity contribution < 1.29 is 19.8 Å². The molecule has 0 radical (unpaired) electrons. The number of carboxylic acid groups (broad SMARTS) is 2. The maximum Gasteiger partial charge on any atom is 0.328 e. The average Bonchev–Trinajstić information content (AvgIpc) is 2.17.